The fourth-order valence-corrected chi connectivity index (χ4v) is 2.03. The summed E-state index contributed by atoms with van der Waals surface area (Å²) >= 11 is 0. The molecule has 0 fully saturated rings. The van der Waals surface area contributed by atoms with Gasteiger partial charge in [0.2, 0.25) is 0 Å². The average molecular weight is 218 g/mol. The third-order valence-electron chi connectivity index (χ3n) is 1.58. The van der Waals surface area contributed by atoms with E-state index in [2.05, 4.69) is 11.3 Å². The van der Waals surface area contributed by atoms with Crippen LogP contribution >= 0.6 is 0 Å². The maximum atomic E-state index is 10.6. The van der Waals surface area contributed by atoms with E-state index in [0.29, 0.717) is 6.61 Å². The summed E-state index contributed by atoms with van der Waals surface area (Å²) in [5.41, 5.74) is 0. The molecule has 0 radical (unpaired) electrons. The molecule has 0 aliphatic heterocycles. The van der Waals surface area contributed by atoms with E-state index in [-0.39, 0.29) is 0 Å². The first kappa shape index (κ1) is 13.2. The molecule has 0 saturated heterocycles. The van der Waals surface area contributed by atoms with Crippen molar-refractivity contribution in [3.05, 3.63) is 12.8 Å². The molecule has 0 heterocycles. The maximum Gasteiger partial charge on any atom is 0.513 e. The van der Waals surface area contributed by atoms with Crippen molar-refractivity contribution in [2.24, 2.45) is 0 Å². The van der Waals surface area contributed by atoms with Crippen LogP contribution in [0.4, 0.5) is 4.79 Å². The van der Waals surface area contributed by atoms with Gasteiger partial charge in [0, 0.05) is 0 Å². The lowest BCUT2D eigenvalue weighted by molar-refractivity contribution is 0.0838. The van der Waals surface area contributed by atoms with Crippen LogP contribution in [0.3, 0.4) is 0 Å². The summed E-state index contributed by atoms with van der Waals surface area (Å²) in [5.74, 6) is 0. The van der Waals surface area contributed by atoms with Crippen molar-refractivity contribution in [1.82, 2.24) is 0 Å². The van der Waals surface area contributed by atoms with Gasteiger partial charge < -0.3 is 14.3 Å². The van der Waals surface area contributed by atoms with Crippen LogP contribution in [0.5, 0.6) is 0 Å². The van der Waals surface area contributed by atoms with E-state index in [4.69, 9.17) is 4.74 Å². The van der Waals surface area contributed by atoms with Crippen molar-refractivity contribution in [3.63, 3.8) is 0 Å². The molecule has 0 bridgehead atoms. The molecule has 0 saturated carbocycles. The van der Waals surface area contributed by atoms with Gasteiger partial charge in [0.25, 0.3) is 0 Å². The zero-order chi connectivity index (χ0) is 11.0. The van der Waals surface area contributed by atoms with Crippen LogP contribution in [0.25, 0.3) is 0 Å². The van der Waals surface area contributed by atoms with Crippen LogP contribution in [-0.4, -0.2) is 25.9 Å². The van der Waals surface area contributed by atoms with Crippen molar-refractivity contribution >= 4 is 14.5 Å². The van der Waals surface area contributed by atoms with Gasteiger partial charge in [-0.3, -0.25) is 0 Å². The van der Waals surface area contributed by atoms with Crippen molar-refractivity contribution in [3.8, 4) is 0 Å². The van der Waals surface area contributed by atoms with E-state index in [9.17, 15) is 9.59 Å². The molecular weight excluding hydrogens is 200 g/mol. The third-order valence-corrected chi connectivity index (χ3v) is 3.16. The Morgan fingerprint density at radius 3 is 2.64 bits per heavy atom. The number of hydrogen-bond donors (Lipinski definition) is 1. The van der Waals surface area contributed by atoms with E-state index in [1.165, 1.54) is 0 Å². The van der Waals surface area contributed by atoms with Crippen molar-refractivity contribution in [2.75, 3.05) is 6.61 Å². The normalized spacial score (nSPS) is 10.8. The van der Waals surface area contributed by atoms with Crippen molar-refractivity contribution < 1.29 is 19.1 Å². The maximum absolute atomic E-state index is 10.6. The van der Waals surface area contributed by atoms with Crippen LogP contribution < -0.4 is 0 Å². The summed E-state index contributed by atoms with van der Waals surface area (Å²) in [7, 11) is -1.94. The predicted octanol–water partition coefficient (Wildman–Crippen LogP) is 2.26. The first-order chi connectivity index (χ1) is 6.45. The van der Waals surface area contributed by atoms with Crippen LogP contribution in [0, 0.1) is 0 Å². The van der Waals surface area contributed by atoms with Gasteiger partial charge in [-0.25, -0.2) is 4.79 Å². The first-order valence-electron chi connectivity index (χ1n) is 4.62. The summed E-state index contributed by atoms with van der Waals surface area (Å²) < 4.78 is 9.05. The molecule has 5 heteroatoms. The molecule has 14 heavy (non-hydrogen) atoms. The summed E-state index contributed by atoms with van der Waals surface area (Å²) in [6, 6.07) is 0.826. The molecule has 0 aromatic heterocycles. The van der Waals surface area contributed by atoms with Gasteiger partial charge in [0.05, 0.1) is 12.9 Å². The highest BCUT2D eigenvalue weighted by molar-refractivity contribution is 6.69. The number of unbranched alkanes of at least 4 members (excludes halogenated alkanes) is 1. The molecule has 0 aromatic rings. The Morgan fingerprint density at radius 2 is 2.14 bits per heavy atom. The number of hydrogen-bond acceptors (Lipinski definition) is 4. The summed E-state index contributed by atoms with van der Waals surface area (Å²) in [4.78, 5) is 20.2. The second-order valence-corrected chi connectivity index (χ2v) is 7.78. The van der Waals surface area contributed by atoms with E-state index >= 15 is 0 Å². The van der Waals surface area contributed by atoms with E-state index < -0.39 is 14.5 Å². The Balaban J connectivity index is 3.30. The topological polar surface area (TPSA) is 55.8 Å². The number of carbonyl (C=O) groups is 1. The lowest BCUT2D eigenvalue weighted by Crippen LogP contribution is -2.24. The Bertz CT molecular complexity index is 186. The van der Waals surface area contributed by atoms with Gasteiger partial charge in [0.1, 0.15) is 0 Å². The molecule has 0 unspecified atom stereocenters. The highest BCUT2D eigenvalue weighted by Gasteiger charge is 2.15. The van der Waals surface area contributed by atoms with E-state index in [1.807, 2.05) is 13.1 Å². The van der Waals surface area contributed by atoms with Gasteiger partial charge in [-0.05, 0) is 25.6 Å². The molecular formula is C9H18O4Si. The fraction of sp³-hybridized carbons (Fsp3) is 0.667. The number of rotatable bonds is 6. The summed E-state index contributed by atoms with van der Waals surface area (Å²) in [6.07, 6.45) is 1.94. The molecule has 0 rings (SSSR count). The Kier molecular flexibility index (Phi) is 6.23. The molecule has 0 aliphatic carbocycles. The second-order valence-electron chi connectivity index (χ2n) is 3.65. The third kappa shape index (κ3) is 9.28. The largest absolute Gasteiger partial charge is 0.513 e. The second kappa shape index (κ2) is 6.61. The first-order valence-corrected chi connectivity index (χ1v) is 7.78. The number of ether oxygens (including phenoxy) is 2. The minimum Gasteiger partial charge on any atom is -0.434 e. The zero-order valence-corrected chi connectivity index (χ0v) is 9.78. The SMILES string of the molecule is C=COC(=O)OCCCC[Si](C)(C)O. The Morgan fingerprint density at radius 1 is 1.50 bits per heavy atom. The molecule has 0 aliphatic rings. The van der Waals surface area contributed by atoms with Gasteiger partial charge in [-0.2, -0.15) is 0 Å². The number of carbonyl (C=O) groups excluding carboxylic acids is 1. The van der Waals surface area contributed by atoms with Gasteiger partial charge in [0.15, 0.2) is 8.32 Å². The lowest BCUT2D eigenvalue weighted by atomic mass is 10.4. The fourth-order valence-electron chi connectivity index (χ4n) is 0.917. The van der Waals surface area contributed by atoms with Crippen LogP contribution in [-0.2, 0) is 9.47 Å². The van der Waals surface area contributed by atoms with Gasteiger partial charge in [-0.1, -0.05) is 13.0 Å². The van der Waals surface area contributed by atoms with Gasteiger partial charge in [-0.15, -0.1) is 0 Å². The molecule has 1 N–H and O–H groups in total. The zero-order valence-electron chi connectivity index (χ0n) is 8.78. The Labute approximate surface area is 85.7 Å². The molecule has 0 aromatic carbocycles. The highest BCUT2D eigenvalue weighted by Crippen LogP contribution is 2.09. The molecule has 0 atom stereocenters. The minimum absolute atomic E-state index is 0.331. The van der Waals surface area contributed by atoms with E-state index in [1.54, 1.807) is 0 Å². The minimum atomic E-state index is -1.94. The van der Waals surface area contributed by atoms with Crippen molar-refractivity contribution in [1.29, 1.82) is 0 Å². The van der Waals surface area contributed by atoms with Crippen molar-refractivity contribution in [2.45, 2.75) is 32.0 Å². The lowest BCUT2D eigenvalue weighted by Gasteiger charge is -2.12. The van der Waals surface area contributed by atoms with Crippen LogP contribution in [0.1, 0.15) is 12.8 Å². The molecule has 82 valence electrons. The monoisotopic (exact) mass is 218 g/mol. The quantitative estimate of drug-likeness (QED) is 0.321. The summed E-state index contributed by atoms with van der Waals surface area (Å²) in [5, 5.41) is 0. The highest BCUT2D eigenvalue weighted by atomic mass is 28.4. The smallest absolute Gasteiger partial charge is 0.434 e. The molecule has 0 amide bonds. The average Bonchev–Trinajstić information content (AvgIpc) is 2.02. The Hall–Kier alpha value is -0.813. The van der Waals surface area contributed by atoms with Gasteiger partial charge >= 0.3 is 6.16 Å². The summed E-state index contributed by atoms with van der Waals surface area (Å²) in [6.45, 7) is 7.33. The standard InChI is InChI=1S/C9H18O4Si/c1-4-12-9(10)13-7-5-6-8-14(2,3)11/h4,11H,1,5-8H2,2-3H3. The van der Waals surface area contributed by atoms with E-state index in [0.717, 1.165) is 25.1 Å². The van der Waals surface area contributed by atoms with Crippen LogP contribution in [0.2, 0.25) is 19.1 Å². The molecule has 4 nitrogen and oxygen atoms in total. The van der Waals surface area contributed by atoms with Crippen LogP contribution in [0.15, 0.2) is 12.8 Å². The molecule has 0 spiro atoms. The predicted molar refractivity (Wildman–Crippen MR) is 56.4 cm³/mol.